The number of rotatable bonds is 4. The van der Waals surface area contributed by atoms with Gasteiger partial charge in [-0.1, -0.05) is 18.2 Å². The highest BCUT2D eigenvalue weighted by atomic mass is 16.1. The number of piperazine rings is 1. The average Bonchev–Trinajstić information content (AvgIpc) is 2.63. The van der Waals surface area contributed by atoms with Crippen LogP contribution in [-0.2, 0) is 0 Å². The van der Waals surface area contributed by atoms with E-state index < -0.39 is 0 Å². The third kappa shape index (κ3) is 3.77. The molecule has 0 bridgehead atoms. The zero-order valence-electron chi connectivity index (χ0n) is 15.7. The monoisotopic (exact) mass is 336 g/mol. The van der Waals surface area contributed by atoms with Gasteiger partial charge in [-0.2, -0.15) is 0 Å². The number of aryl methyl sites for hydroxylation is 3. The SMILES string of the molecule is Cc1ccc([C@@H](C)N2CCN(c3ccc(C=O)cc3C)CC2)cc1C. The van der Waals surface area contributed by atoms with E-state index in [1.807, 2.05) is 12.1 Å². The van der Waals surface area contributed by atoms with Gasteiger partial charge in [0.1, 0.15) is 6.29 Å². The van der Waals surface area contributed by atoms with Crippen molar-refractivity contribution in [2.75, 3.05) is 31.1 Å². The number of hydrogen-bond donors (Lipinski definition) is 0. The Morgan fingerprint density at radius 2 is 1.60 bits per heavy atom. The Morgan fingerprint density at radius 3 is 2.20 bits per heavy atom. The maximum atomic E-state index is 10.9. The molecule has 2 aromatic rings. The van der Waals surface area contributed by atoms with Crippen LogP contribution in [0.15, 0.2) is 36.4 Å². The molecule has 1 saturated heterocycles. The number of hydrogen-bond acceptors (Lipinski definition) is 3. The van der Waals surface area contributed by atoms with E-state index in [2.05, 4.69) is 61.8 Å². The van der Waals surface area contributed by atoms with Crippen molar-refractivity contribution < 1.29 is 4.79 Å². The summed E-state index contributed by atoms with van der Waals surface area (Å²) in [5, 5.41) is 0. The lowest BCUT2D eigenvalue weighted by atomic mass is 10.0. The smallest absolute Gasteiger partial charge is 0.150 e. The van der Waals surface area contributed by atoms with Gasteiger partial charge in [-0.25, -0.2) is 0 Å². The molecule has 0 saturated carbocycles. The van der Waals surface area contributed by atoms with Crippen LogP contribution < -0.4 is 4.90 Å². The highest BCUT2D eigenvalue weighted by molar-refractivity contribution is 5.77. The van der Waals surface area contributed by atoms with Gasteiger partial charge in [0.25, 0.3) is 0 Å². The standard InChI is InChI=1S/C22H28N2O/c1-16-5-7-21(14-17(16)2)19(4)23-9-11-24(12-10-23)22-8-6-20(15-25)13-18(22)3/h5-8,13-15,19H,9-12H2,1-4H3/t19-/m1/s1. The van der Waals surface area contributed by atoms with Gasteiger partial charge >= 0.3 is 0 Å². The van der Waals surface area contributed by atoms with Crippen molar-refractivity contribution in [3.63, 3.8) is 0 Å². The summed E-state index contributed by atoms with van der Waals surface area (Å²) >= 11 is 0. The molecule has 1 atom stereocenters. The number of anilines is 1. The van der Waals surface area contributed by atoms with Gasteiger partial charge in [-0.3, -0.25) is 9.69 Å². The van der Waals surface area contributed by atoms with E-state index in [0.29, 0.717) is 6.04 Å². The maximum absolute atomic E-state index is 10.9. The molecule has 0 spiro atoms. The third-order valence-corrected chi connectivity index (χ3v) is 5.57. The van der Waals surface area contributed by atoms with Crippen molar-refractivity contribution >= 4 is 12.0 Å². The molecule has 0 aliphatic carbocycles. The first kappa shape index (κ1) is 17.7. The predicted molar refractivity (Wildman–Crippen MR) is 105 cm³/mol. The lowest BCUT2D eigenvalue weighted by molar-refractivity contribution is 0.112. The maximum Gasteiger partial charge on any atom is 0.150 e. The first-order valence-corrected chi connectivity index (χ1v) is 9.11. The van der Waals surface area contributed by atoms with Crippen molar-refractivity contribution in [2.45, 2.75) is 33.7 Å². The minimum atomic E-state index is 0.444. The molecule has 0 unspecified atom stereocenters. The summed E-state index contributed by atoms with van der Waals surface area (Å²) in [4.78, 5) is 15.9. The van der Waals surface area contributed by atoms with Crippen LogP contribution in [0.2, 0.25) is 0 Å². The zero-order chi connectivity index (χ0) is 18.0. The van der Waals surface area contributed by atoms with E-state index in [4.69, 9.17) is 0 Å². The molecule has 0 radical (unpaired) electrons. The molecule has 1 aliphatic heterocycles. The molecule has 1 aliphatic rings. The van der Waals surface area contributed by atoms with Crippen LogP contribution >= 0.6 is 0 Å². The topological polar surface area (TPSA) is 23.6 Å². The largest absolute Gasteiger partial charge is 0.369 e. The fourth-order valence-corrected chi connectivity index (χ4v) is 3.69. The second kappa shape index (κ2) is 7.40. The summed E-state index contributed by atoms with van der Waals surface area (Å²) in [7, 11) is 0. The Bertz CT molecular complexity index is 761. The quantitative estimate of drug-likeness (QED) is 0.778. The van der Waals surface area contributed by atoms with Crippen molar-refractivity contribution in [2.24, 2.45) is 0 Å². The number of carbonyl (C=O) groups excluding carboxylic acids is 1. The van der Waals surface area contributed by atoms with E-state index in [-0.39, 0.29) is 0 Å². The molecule has 3 nitrogen and oxygen atoms in total. The third-order valence-electron chi connectivity index (χ3n) is 5.57. The number of aldehydes is 1. The van der Waals surface area contributed by atoms with E-state index in [9.17, 15) is 4.79 Å². The van der Waals surface area contributed by atoms with Crippen LogP contribution in [0.1, 0.15) is 45.6 Å². The molecule has 1 heterocycles. The minimum Gasteiger partial charge on any atom is -0.369 e. The molecule has 2 aromatic carbocycles. The van der Waals surface area contributed by atoms with Gasteiger partial charge in [0.15, 0.2) is 0 Å². The summed E-state index contributed by atoms with van der Waals surface area (Å²) in [6.07, 6.45) is 0.917. The van der Waals surface area contributed by atoms with Crippen LogP contribution in [0.25, 0.3) is 0 Å². The lowest BCUT2D eigenvalue weighted by Crippen LogP contribution is -2.47. The molecule has 1 fully saturated rings. The van der Waals surface area contributed by atoms with E-state index in [1.54, 1.807) is 0 Å². The van der Waals surface area contributed by atoms with Crippen molar-refractivity contribution in [1.29, 1.82) is 0 Å². The average molecular weight is 336 g/mol. The van der Waals surface area contributed by atoms with Gasteiger partial charge < -0.3 is 4.90 Å². The number of nitrogens with zero attached hydrogens (tertiary/aromatic N) is 2. The Labute approximate surface area is 151 Å². The van der Waals surface area contributed by atoms with Gasteiger partial charge in [0, 0.05) is 43.5 Å². The predicted octanol–water partition coefficient (Wildman–Crippen LogP) is 4.31. The Morgan fingerprint density at radius 1 is 0.880 bits per heavy atom. The molecule has 3 rings (SSSR count). The molecule has 3 heteroatoms. The highest BCUT2D eigenvalue weighted by Gasteiger charge is 2.23. The Kier molecular flexibility index (Phi) is 5.24. The second-order valence-corrected chi connectivity index (χ2v) is 7.21. The van der Waals surface area contributed by atoms with Crippen LogP contribution in [-0.4, -0.2) is 37.4 Å². The minimum absolute atomic E-state index is 0.444. The van der Waals surface area contributed by atoms with Crippen LogP contribution in [0.3, 0.4) is 0 Å². The van der Waals surface area contributed by atoms with Gasteiger partial charge in [0.05, 0.1) is 0 Å². The molecule has 132 valence electrons. The molecule has 0 aromatic heterocycles. The van der Waals surface area contributed by atoms with Crippen LogP contribution in [0.5, 0.6) is 0 Å². The zero-order valence-corrected chi connectivity index (χ0v) is 15.7. The Hall–Kier alpha value is -2.13. The van der Waals surface area contributed by atoms with E-state index in [0.717, 1.165) is 38.0 Å². The van der Waals surface area contributed by atoms with Gasteiger partial charge in [-0.05, 0) is 68.1 Å². The molecule has 0 N–H and O–H groups in total. The summed E-state index contributed by atoms with van der Waals surface area (Å²) in [5.41, 5.74) is 7.32. The van der Waals surface area contributed by atoms with Gasteiger partial charge in [-0.15, -0.1) is 0 Å². The first-order valence-electron chi connectivity index (χ1n) is 9.11. The highest BCUT2D eigenvalue weighted by Crippen LogP contribution is 2.27. The van der Waals surface area contributed by atoms with Crippen molar-refractivity contribution in [3.8, 4) is 0 Å². The second-order valence-electron chi connectivity index (χ2n) is 7.21. The lowest BCUT2D eigenvalue weighted by Gasteiger charge is -2.40. The van der Waals surface area contributed by atoms with Crippen molar-refractivity contribution in [1.82, 2.24) is 4.90 Å². The van der Waals surface area contributed by atoms with Crippen molar-refractivity contribution in [3.05, 3.63) is 64.2 Å². The summed E-state index contributed by atoms with van der Waals surface area (Å²) in [5.74, 6) is 0. The first-order chi connectivity index (χ1) is 12.0. The summed E-state index contributed by atoms with van der Waals surface area (Å²) in [6.45, 7) is 12.9. The fraction of sp³-hybridized carbons (Fsp3) is 0.409. The normalized spacial score (nSPS) is 16.7. The molecular formula is C22H28N2O. The Balaban J connectivity index is 1.67. The van der Waals surface area contributed by atoms with E-state index in [1.165, 1.54) is 27.9 Å². The summed E-state index contributed by atoms with van der Waals surface area (Å²) < 4.78 is 0. The fourth-order valence-electron chi connectivity index (χ4n) is 3.69. The number of benzene rings is 2. The molecule has 25 heavy (non-hydrogen) atoms. The van der Waals surface area contributed by atoms with Crippen LogP contribution in [0, 0.1) is 20.8 Å². The number of carbonyl (C=O) groups is 1. The molecular weight excluding hydrogens is 308 g/mol. The van der Waals surface area contributed by atoms with Crippen LogP contribution in [0.4, 0.5) is 5.69 Å². The molecule has 0 amide bonds. The van der Waals surface area contributed by atoms with Gasteiger partial charge in [0.2, 0.25) is 0 Å². The van der Waals surface area contributed by atoms with E-state index >= 15 is 0 Å². The summed E-state index contributed by atoms with van der Waals surface area (Å²) in [6, 6.07) is 13.2.